The first-order chi connectivity index (χ1) is 12.5. The van der Waals surface area contributed by atoms with Gasteiger partial charge in [0.2, 0.25) is 0 Å². The summed E-state index contributed by atoms with van der Waals surface area (Å²) in [4.78, 5) is 25.9. The van der Waals surface area contributed by atoms with Gasteiger partial charge in [-0.25, -0.2) is 0 Å². The van der Waals surface area contributed by atoms with Gasteiger partial charge in [-0.05, 0) is 37.8 Å². The Kier molecular flexibility index (Phi) is 7.64. The summed E-state index contributed by atoms with van der Waals surface area (Å²) in [6, 6.07) is 7.92. The van der Waals surface area contributed by atoms with Gasteiger partial charge in [0.15, 0.2) is 6.04 Å². The number of anilines is 1. The molecule has 0 aliphatic carbocycles. The highest BCUT2D eigenvalue weighted by Crippen LogP contribution is 2.26. The quantitative estimate of drug-likeness (QED) is 0.733. The molecule has 1 saturated heterocycles. The summed E-state index contributed by atoms with van der Waals surface area (Å²) >= 11 is 0. The first-order valence-corrected chi connectivity index (χ1v) is 9.88. The minimum atomic E-state index is -0.136. The molecule has 2 N–H and O–H groups in total. The van der Waals surface area contributed by atoms with Crippen molar-refractivity contribution in [2.24, 2.45) is 5.92 Å². The molecule has 5 nitrogen and oxygen atoms in total. The molecule has 0 spiro atoms. The van der Waals surface area contributed by atoms with Gasteiger partial charge in [0.05, 0.1) is 25.6 Å². The monoisotopic (exact) mass is 361 g/mol. The van der Waals surface area contributed by atoms with Crippen LogP contribution in [0.1, 0.15) is 58.4 Å². The molecule has 1 heterocycles. The van der Waals surface area contributed by atoms with E-state index >= 15 is 0 Å². The molecule has 1 fully saturated rings. The first-order valence-electron chi connectivity index (χ1n) is 9.88. The van der Waals surface area contributed by atoms with Crippen molar-refractivity contribution in [2.75, 3.05) is 25.0 Å². The van der Waals surface area contributed by atoms with Crippen LogP contribution in [0, 0.1) is 5.92 Å². The molecule has 2 rings (SSSR count). The number of ether oxygens (including phenoxy) is 1. The number of nitrogens with one attached hydrogen (secondary N) is 2. The second-order valence-corrected chi connectivity index (χ2v) is 7.29. The maximum atomic E-state index is 12.8. The molecule has 0 radical (unpaired) electrons. The molecule has 1 aliphatic rings. The molecule has 0 bridgehead atoms. The lowest BCUT2D eigenvalue weighted by atomic mass is 9.95. The van der Waals surface area contributed by atoms with E-state index in [0.717, 1.165) is 38.0 Å². The molecule has 2 atom stereocenters. The standard InChI is InChI=1S/C21H32N2O3/c1-5-15(3)18-9-7-8-10-19(18)22-20(24)16(4)23-13-11-17(12-14-23)21(25)26-6-2/h7-10,15-17H,5-6,11-14H2,1-4H3,(H,22,24)/p+1/t15-,16-/m1/s1. The second kappa shape index (κ2) is 9.72. The van der Waals surface area contributed by atoms with Crippen molar-refractivity contribution in [1.29, 1.82) is 0 Å². The van der Waals surface area contributed by atoms with Gasteiger partial charge in [-0.15, -0.1) is 0 Å². The lowest BCUT2D eigenvalue weighted by Gasteiger charge is -2.31. The van der Waals surface area contributed by atoms with E-state index in [-0.39, 0.29) is 23.8 Å². The maximum Gasteiger partial charge on any atom is 0.309 e. The number of rotatable bonds is 7. The fourth-order valence-electron chi connectivity index (χ4n) is 3.60. The zero-order chi connectivity index (χ0) is 19.1. The summed E-state index contributed by atoms with van der Waals surface area (Å²) in [5.74, 6) is 0.353. The molecule has 26 heavy (non-hydrogen) atoms. The number of piperidine rings is 1. The fourth-order valence-corrected chi connectivity index (χ4v) is 3.60. The third kappa shape index (κ3) is 5.07. The molecule has 5 heteroatoms. The van der Waals surface area contributed by atoms with E-state index in [4.69, 9.17) is 4.74 Å². The summed E-state index contributed by atoms with van der Waals surface area (Å²) in [7, 11) is 0. The Balaban J connectivity index is 1.94. The van der Waals surface area contributed by atoms with Gasteiger partial charge in [0, 0.05) is 18.5 Å². The van der Waals surface area contributed by atoms with Crippen molar-refractivity contribution in [3.63, 3.8) is 0 Å². The molecule has 0 saturated carbocycles. The summed E-state index contributed by atoms with van der Waals surface area (Å²) in [6.07, 6.45) is 2.61. The zero-order valence-electron chi connectivity index (χ0n) is 16.5. The Hall–Kier alpha value is -1.88. The maximum absolute atomic E-state index is 12.8. The highest BCUT2D eigenvalue weighted by Gasteiger charge is 2.33. The van der Waals surface area contributed by atoms with Crippen LogP contribution in [0.15, 0.2) is 24.3 Å². The lowest BCUT2D eigenvalue weighted by Crippen LogP contribution is -3.17. The van der Waals surface area contributed by atoms with Crippen LogP contribution in [0.3, 0.4) is 0 Å². The van der Waals surface area contributed by atoms with E-state index in [2.05, 4.69) is 25.2 Å². The molecular weight excluding hydrogens is 328 g/mol. The topological polar surface area (TPSA) is 59.8 Å². The average Bonchev–Trinajstić information content (AvgIpc) is 2.67. The Labute approximate surface area is 157 Å². The largest absolute Gasteiger partial charge is 0.466 e. The normalized spacial score (nSPS) is 22.3. The van der Waals surface area contributed by atoms with Crippen LogP contribution in [-0.4, -0.2) is 37.6 Å². The number of amides is 1. The van der Waals surface area contributed by atoms with Crippen molar-refractivity contribution in [3.05, 3.63) is 29.8 Å². The minimum Gasteiger partial charge on any atom is -0.466 e. The van der Waals surface area contributed by atoms with Crippen LogP contribution in [-0.2, 0) is 14.3 Å². The third-order valence-electron chi connectivity index (χ3n) is 5.62. The molecular formula is C21H33N2O3+. The van der Waals surface area contributed by atoms with Crippen molar-refractivity contribution in [1.82, 2.24) is 0 Å². The van der Waals surface area contributed by atoms with Gasteiger partial charge in [-0.3, -0.25) is 9.59 Å². The van der Waals surface area contributed by atoms with Crippen LogP contribution in [0.25, 0.3) is 0 Å². The number of para-hydroxylation sites is 1. The molecule has 1 aliphatic heterocycles. The van der Waals surface area contributed by atoms with Gasteiger partial charge in [0.1, 0.15) is 0 Å². The molecule has 1 aromatic rings. The van der Waals surface area contributed by atoms with Gasteiger partial charge in [-0.2, -0.15) is 0 Å². The minimum absolute atomic E-state index is 0.0138. The molecule has 1 aromatic carbocycles. The van der Waals surface area contributed by atoms with Crippen LogP contribution in [0.5, 0.6) is 0 Å². The van der Waals surface area contributed by atoms with Crippen molar-refractivity contribution in [2.45, 2.75) is 58.9 Å². The summed E-state index contributed by atoms with van der Waals surface area (Å²) in [5.41, 5.74) is 2.10. The Morgan fingerprint density at radius 2 is 1.85 bits per heavy atom. The number of likely N-dealkylation sites (tertiary alicyclic amines) is 1. The van der Waals surface area contributed by atoms with Crippen LogP contribution >= 0.6 is 0 Å². The highest BCUT2D eigenvalue weighted by molar-refractivity contribution is 5.94. The first kappa shape index (κ1) is 20.4. The molecule has 1 amide bonds. The fraction of sp³-hybridized carbons (Fsp3) is 0.619. The molecule has 0 unspecified atom stereocenters. The van der Waals surface area contributed by atoms with Crippen molar-refractivity contribution in [3.8, 4) is 0 Å². The second-order valence-electron chi connectivity index (χ2n) is 7.29. The van der Waals surface area contributed by atoms with Crippen LogP contribution in [0.2, 0.25) is 0 Å². The summed E-state index contributed by atoms with van der Waals surface area (Å²) in [5, 5.41) is 3.13. The van der Waals surface area contributed by atoms with Crippen LogP contribution in [0.4, 0.5) is 5.69 Å². The van der Waals surface area contributed by atoms with Gasteiger partial charge >= 0.3 is 5.97 Å². The van der Waals surface area contributed by atoms with Crippen molar-refractivity contribution < 1.29 is 19.2 Å². The van der Waals surface area contributed by atoms with Crippen molar-refractivity contribution >= 4 is 17.6 Å². The Morgan fingerprint density at radius 3 is 2.46 bits per heavy atom. The number of benzene rings is 1. The van der Waals surface area contributed by atoms with E-state index in [9.17, 15) is 9.59 Å². The van der Waals surface area contributed by atoms with Gasteiger partial charge in [0.25, 0.3) is 5.91 Å². The predicted molar refractivity (Wildman–Crippen MR) is 103 cm³/mol. The lowest BCUT2D eigenvalue weighted by molar-refractivity contribution is -0.919. The molecule has 144 valence electrons. The summed E-state index contributed by atoms with van der Waals surface area (Å²) < 4.78 is 5.12. The Bertz CT molecular complexity index is 609. The van der Waals surface area contributed by atoms with Gasteiger partial charge in [-0.1, -0.05) is 32.0 Å². The third-order valence-corrected chi connectivity index (χ3v) is 5.62. The van der Waals surface area contributed by atoms with E-state index in [1.807, 2.05) is 32.0 Å². The number of esters is 1. The average molecular weight is 362 g/mol. The summed E-state index contributed by atoms with van der Waals surface area (Å²) in [6.45, 7) is 10.2. The number of carbonyl (C=O) groups excluding carboxylic acids is 2. The molecule has 0 aromatic heterocycles. The highest BCUT2D eigenvalue weighted by atomic mass is 16.5. The number of quaternary nitrogens is 1. The smallest absolute Gasteiger partial charge is 0.309 e. The van der Waals surface area contributed by atoms with E-state index < -0.39 is 0 Å². The number of carbonyl (C=O) groups is 2. The van der Waals surface area contributed by atoms with Crippen LogP contribution < -0.4 is 10.2 Å². The number of hydrogen-bond acceptors (Lipinski definition) is 3. The SMILES string of the molecule is CCOC(=O)C1CC[NH+]([C@H](C)C(=O)Nc2ccccc2[C@H](C)CC)CC1. The van der Waals surface area contributed by atoms with Gasteiger partial charge < -0.3 is 15.0 Å². The van der Waals surface area contributed by atoms with E-state index in [0.29, 0.717) is 12.5 Å². The zero-order valence-corrected chi connectivity index (χ0v) is 16.5. The Morgan fingerprint density at radius 1 is 1.19 bits per heavy atom. The predicted octanol–water partition coefficient (Wildman–Crippen LogP) is 2.39. The van der Waals surface area contributed by atoms with E-state index in [1.54, 1.807) is 0 Å². The number of hydrogen-bond donors (Lipinski definition) is 2. The van der Waals surface area contributed by atoms with E-state index in [1.165, 1.54) is 10.5 Å².